The summed E-state index contributed by atoms with van der Waals surface area (Å²) in [6.07, 6.45) is 0.491. The molecule has 0 bridgehead atoms. The van der Waals surface area contributed by atoms with Gasteiger partial charge < -0.3 is 9.84 Å². The van der Waals surface area contributed by atoms with Gasteiger partial charge in [-0.05, 0) is 31.4 Å². The average Bonchev–Trinajstić information content (AvgIpc) is 3.02. The molecule has 10 nitrogen and oxygen atoms in total. The second-order valence-electron chi connectivity index (χ2n) is 6.76. The molecule has 2 rings (SSSR count). The van der Waals surface area contributed by atoms with E-state index < -0.39 is 33.1 Å². The molecular formula is C17H21ClN4O6S. The second kappa shape index (κ2) is 9.33. The van der Waals surface area contributed by atoms with Gasteiger partial charge in [0.2, 0.25) is 15.9 Å². The first kappa shape index (κ1) is 22.8. The van der Waals surface area contributed by atoms with Crippen LogP contribution in [0.2, 0.25) is 5.02 Å². The lowest BCUT2D eigenvalue weighted by molar-refractivity contribution is -0.384. The van der Waals surface area contributed by atoms with Gasteiger partial charge in [-0.2, -0.15) is 4.31 Å². The van der Waals surface area contributed by atoms with Crippen LogP contribution in [0, 0.1) is 23.0 Å². The topological polar surface area (TPSA) is 136 Å². The number of anilines is 1. The summed E-state index contributed by atoms with van der Waals surface area (Å²) in [5.41, 5.74) is -0.529. The Morgan fingerprint density at radius 3 is 2.62 bits per heavy atom. The van der Waals surface area contributed by atoms with Crippen LogP contribution in [0.4, 0.5) is 11.5 Å². The van der Waals surface area contributed by atoms with E-state index in [1.807, 2.05) is 13.8 Å². The number of nitro groups is 1. The van der Waals surface area contributed by atoms with Crippen molar-refractivity contribution in [1.29, 1.82) is 0 Å². The summed E-state index contributed by atoms with van der Waals surface area (Å²) < 4.78 is 32.0. The standard InChI is InChI=1S/C17H21ClN4O6S/c1-11(2)6-7-21(10-17(23)19-16-8-12(3)28-20-16)29(26,27)13-4-5-14(18)15(9-13)22(24)25/h4-5,8-9,11H,6-7,10H2,1-3H3,(H,19,20,23). The zero-order valence-electron chi connectivity index (χ0n) is 16.1. The van der Waals surface area contributed by atoms with Crippen LogP contribution in [-0.2, 0) is 14.8 Å². The average molecular weight is 445 g/mol. The summed E-state index contributed by atoms with van der Waals surface area (Å²) in [5.74, 6) is 0.205. The fraction of sp³-hybridized carbons (Fsp3) is 0.412. The maximum absolute atomic E-state index is 13.1. The van der Waals surface area contributed by atoms with E-state index in [0.29, 0.717) is 12.2 Å². The third-order valence-corrected chi connectivity index (χ3v) is 6.08. The molecule has 0 aliphatic carbocycles. The van der Waals surface area contributed by atoms with Gasteiger partial charge in [0.15, 0.2) is 5.82 Å². The molecule has 1 N–H and O–H groups in total. The Morgan fingerprint density at radius 1 is 1.38 bits per heavy atom. The third-order valence-electron chi connectivity index (χ3n) is 3.92. The van der Waals surface area contributed by atoms with Crippen molar-refractivity contribution in [2.75, 3.05) is 18.4 Å². The van der Waals surface area contributed by atoms with E-state index in [4.69, 9.17) is 16.1 Å². The third kappa shape index (κ3) is 5.99. The van der Waals surface area contributed by atoms with E-state index in [1.165, 1.54) is 12.1 Å². The highest BCUT2D eigenvalue weighted by atomic mass is 35.5. The van der Waals surface area contributed by atoms with Crippen molar-refractivity contribution in [2.45, 2.75) is 32.1 Å². The number of amides is 1. The monoisotopic (exact) mass is 444 g/mol. The van der Waals surface area contributed by atoms with Gasteiger partial charge in [-0.25, -0.2) is 8.42 Å². The van der Waals surface area contributed by atoms with Gasteiger partial charge in [-0.3, -0.25) is 14.9 Å². The van der Waals surface area contributed by atoms with Crippen LogP contribution < -0.4 is 5.32 Å². The molecule has 0 fully saturated rings. The molecule has 0 saturated carbocycles. The number of sulfonamides is 1. The number of nitrogens with one attached hydrogen (secondary N) is 1. The molecule has 29 heavy (non-hydrogen) atoms. The molecule has 0 atom stereocenters. The zero-order chi connectivity index (χ0) is 21.8. The molecule has 1 aromatic heterocycles. The number of hydrogen-bond acceptors (Lipinski definition) is 7. The first-order chi connectivity index (χ1) is 13.5. The molecule has 1 heterocycles. The smallest absolute Gasteiger partial charge is 0.289 e. The van der Waals surface area contributed by atoms with Crippen molar-refractivity contribution in [2.24, 2.45) is 5.92 Å². The zero-order valence-corrected chi connectivity index (χ0v) is 17.7. The second-order valence-corrected chi connectivity index (χ2v) is 9.11. The van der Waals surface area contributed by atoms with Gasteiger partial charge in [0.25, 0.3) is 5.69 Å². The minimum Gasteiger partial charge on any atom is -0.360 e. The fourth-order valence-electron chi connectivity index (χ4n) is 2.40. The number of rotatable bonds is 9. The summed E-state index contributed by atoms with van der Waals surface area (Å²) >= 11 is 5.77. The molecule has 0 aliphatic heterocycles. The van der Waals surface area contributed by atoms with E-state index in [2.05, 4.69) is 10.5 Å². The molecule has 0 aliphatic rings. The van der Waals surface area contributed by atoms with Crippen molar-refractivity contribution in [3.63, 3.8) is 0 Å². The van der Waals surface area contributed by atoms with Gasteiger partial charge in [0.1, 0.15) is 10.8 Å². The molecule has 1 amide bonds. The van der Waals surface area contributed by atoms with E-state index in [-0.39, 0.29) is 28.2 Å². The summed E-state index contributed by atoms with van der Waals surface area (Å²) in [7, 11) is -4.19. The highest BCUT2D eigenvalue weighted by molar-refractivity contribution is 7.89. The van der Waals surface area contributed by atoms with Crippen LogP contribution in [0.15, 0.2) is 33.7 Å². The van der Waals surface area contributed by atoms with Crippen LogP contribution in [0.5, 0.6) is 0 Å². The van der Waals surface area contributed by atoms with Crippen LogP contribution in [0.3, 0.4) is 0 Å². The number of carbonyl (C=O) groups is 1. The number of halogens is 1. The lowest BCUT2D eigenvalue weighted by Gasteiger charge is -2.22. The number of hydrogen-bond donors (Lipinski definition) is 1. The molecule has 158 valence electrons. The van der Waals surface area contributed by atoms with Crippen LogP contribution in [0.1, 0.15) is 26.0 Å². The van der Waals surface area contributed by atoms with Crippen LogP contribution in [0.25, 0.3) is 0 Å². The Bertz CT molecular complexity index is 1010. The fourth-order valence-corrected chi connectivity index (χ4v) is 4.01. The highest BCUT2D eigenvalue weighted by Gasteiger charge is 2.29. The predicted octanol–water partition coefficient (Wildman–Crippen LogP) is 3.22. The first-order valence-electron chi connectivity index (χ1n) is 8.68. The Morgan fingerprint density at radius 2 is 2.07 bits per heavy atom. The molecule has 12 heteroatoms. The lowest BCUT2D eigenvalue weighted by atomic mass is 10.1. The molecule has 0 saturated heterocycles. The summed E-state index contributed by atoms with van der Waals surface area (Å²) in [4.78, 5) is 22.4. The normalized spacial score (nSPS) is 11.8. The maximum Gasteiger partial charge on any atom is 0.289 e. The Labute approximate surface area is 173 Å². The molecule has 0 unspecified atom stereocenters. The number of nitro benzene ring substituents is 1. The quantitative estimate of drug-likeness (QED) is 0.463. The molecule has 0 spiro atoms. The van der Waals surface area contributed by atoms with Crippen LogP contribution in [-0.4, -0.2) is 41.8 Å². The number of aromatic nitrogens is 1. The van der Waals surface area contributed by atoms with E-state index in [0.717, 1.165) is 16.4 Å². The van der Waals surface area contributed by atoms with Gasteiger partial charge in [0.05, 0.1) is 16.4 Å². The predicted molar refractivity (Wildman–Crippen MR) is 106 cm³/mol. The van der Waals surface area contributed by atoms with Gasteiger partial charge in [-0.15, -0.1) is 0 Å². The number of aryl methyl sites for hydroxylation is 1. The number of nitrogens with zero attached hydrogens (tertiary/aromatic N) is 3. The van der Waals surface area contributed by atoms with Crippen molar-refractivity contribution < 1.29 is 22.7 Å². The number of carbonyl (C=O) groups excluding carboxylic acids is 1. The summed E-state index contributed by atoms with van der Waals surface area (Å²) in [5, 5.41) is 17.0. The summed E-state index contributed by atoms with van der Waals surface area (Å²) in [6, 6.07) is 4.70. The molecular weight excluding hydrogens is 424 g/mol. The van der Waals surface area contributed by atoms with Crippen LogP contribution >= 0.6 is 11.6 Å². The Hall–Kier alpha value is -2.50. The Kier molecular flexibility index (Phi) is 7.33. The first-order valence-corrected chi connectivity index (χ1v) is 10.5. The Balaban J connectivity index is 2.30. The highest BCUT2D eigenvalue weighted by Crippen LogP contribution is 2.28. The lowest BCUT2D eigenvalue weighted by Crippen LogP contribution is -2.39. The molecule has 2 aromatic rings. The summed E-state index contributed by atoms with van der Waals surface area (Å²) in [6.45, 7) is 5.04. The van der Waals surface area contributed by atoms with Gasteiger partial charge in [-0.1, -0.05) is 30.6 Å². The maximum atomic E-state index is 13.1. The minimum absolute atomic E-state index is 0.0572. The van der Waals surface area contributed by atoms with Crippen molar-refractivity contribution in [3.05, 3.63) is 45.2 Å². The van der Waals surface area contributed by atoms with E-state index in [9.17, 15) is 23.3 Å². The van der Waals surface area contributed by atoms with Crippen molar-refractivity contribution in [3.8, 4) is 0 Å². The van der Waals surface area contributed by atoms with E-state index in [1.54, 1.807) is 6.92 Å². The molecule has 0 radical (unpaired) electrons. The van der Waals surface area contributed by atoms with Gasteiger partial charge in [0, 0.05) is 18.7 Å². The van der Waals surface area contributed by atoms with Crippen molar-refractivity contribution >= 4 is 39.0 Å². The largest absolute Gasteiger partial charge is 0.360 e. The molecule has 1 aromatic carbocycles. The minimum atomic E-state index is -4.19. The number of benzene rings is 1. The van der Waals surface area contributed by atoms with Crippen molar-refractivity contribution in [1.82, 2.24) is 9.46 Å². The SMILES string of the molecule is Cc1cc(NC(=O)CN(CCC(C)C)S(=O)(=O)c2ccc(Cl)c([N+](=O)[O-])c2)no1. The van der Waals surface area contributed by atoms with E-state index >= 15 is 0 Å². The van der Waals surface area contributed by atoms with Gasteiger partial charge >= 0.3 is 0 Å².